The third-order valence-corrected chi connectivity index (χ3v) is 3.65. The fourth-order valence-corrected chi connectivity index (χ4v) is 2.54. The Morgan fingerprint density at radius 1 is 1.37 bits per heavy atom. The van der Waals surface area contributed by atoms with Gasteiger partial charge < -0.3 is 10.1 Å². The smallest absolute Gasteiger partial charge is 0.140 e. The van der Waals surface area contributed by atoms with E-state index in [2.05, 4.69) is 30.2 Å². The van der Waals surface area contributed by atoms with Gasteiger partial charge >= 0.3 is 0 Å². The molecule has 4 heteroatoms. The predicted octanol–water partition coefficient (Wildman–Crippen LogP) is 3.53. The molecule has 0 saturated carbocycles. The highest BCUT2D eigenvalue weighted by atomic mass is 32.1. The van der Waals surface area contributed by atoms with Crippen LogP contribution in [0.1, 0.15) is 28.8 Å². The monoisotopic (exact) mass is 276 g/mol. The predicted molar refractivity (Wildman–Crippen MR) is 79.6 cm³/mol. The minimum absolute atomic E-state index is 0.544. The molecule has 3 nitrogen and oxygen atoms in total. The number of hydrogen-bond donors (Lipinski definition) is 1. The van der Waals surface area contributed by atoms with Gasteiger partial charge in [-0.1, -0.05) is 19.1 Å². The van der Waals surface area contributed by atoms with E-state index in [1.807, 2.05) is 24.4 Å². The molecule has 0 atom stereocenters. The molecule has 0 saturated heterocycles. The summed E-state index contributed by atoms with van der Waals surface area (Å²) in [6.07, 6.45) is 3.09. The van der Waals surface area contributed by atoms with Gasteiger partial charge in [0.25, 0.3) is 0 Å². The second-order valence-corrected chi connectivity index (χ2v) is 5.70. The summed E-state index contributed by atoms with van der Waals surface area (Å²) in [6, 6.07) is 8.09. The van der Waals surface area contributed by atoms with Crippen LogP contribution in [0.4, 0.5) is 0 Å². The molecule has 0 radical (unpaired) electrons. The van der Waals surface area contributed by atoms with Gasteiger partial charge in [0.1, 0.15) is 17.4 Å². The van der Waals surface area contributed by atoms with Crippen LogP contribution < -0.4 is 10.1 Å². The largest absolute Gasteiger partial charge is 0.486 e. The molecule has 102 valence electrons. The molecule has 0 bridgehead atoms. The summed E-state index contributed by atoms with van der Waals surface area (Å²) in [4.78, 5) is 5.65. The second-order valence-electron chi connectivity index (χ2n) is 4.50. The average Bonchev–Trinajstić information content (AvgIpc) is 2.85. The number of nitrogens with zero attached hydrogens (tertiary/aromatic N) is 1. The van der Waals surface area contributed by atoms with Crippen LogP contribution in [-0.2, 0) is 13.2 Å². The topological polar surface area (TPSA) is 34.2 Å². The lowest BCUT2D eigenvalue weighted by Gasteiger charge is -2.04. The summed E-state index contributed by atoms with van der Waals surface area (Å²) in [6.45, 7) is 6.72. The molecular weight excluding hydrogens is 256 g/mol. The van der Waals surface area contributed by atoms with E-state index < -0.39 is 0 Å². The summed E-state index contributed by atoms with van der Waals surface area (Å²) in [5, 5.41) is 4.40. The molecule has 2 aromatic rings. The van der Waals surface area contributed by atoms with Gasteiger partial charge in [0.05, 0.1) is 0 Å². The van der Waals surface area contributed by atoms with Gasteiger partial charge in [-0.15, -0.1) is 11.3 Å². The molecule has 0 spiro atoms. The molecule has 0 amide bonds. The summed E-state index contributed by atoms with van der Waals surface area (Å²) in [5.74, 6) is 0.904. The zero-order valence-electron chi connectivity index (χ0n) is 11.5. The minimum atomic E-state index is 0.544. The Bertz CT molecular complexity index is 510. The third kappa shape index (κ3) is 4.65. The van der Waals surface area contributed by atoms with Crippen LogP contribution in [0.5, 0.6) is 5.75 Å². The molecule has 0 aliphatic rings. The molecule has 1 N–H and O–H groups in total. The zero-order valence-corrected chi connectivity index (χ0v) is 12.3. The number of rotatable bonds is 7. The lowest BCUT2D eigenvalue weighted by atomic mass is 10.2. The lowest BCUT2D eigenvalue weighted by Crippen LogP contribution is -2.12. The molecule has 0 aliphatic heterocycles. The SMILES string of the molecule is CCCNCc1cnc(COc2cccc(C)c2)s1. The van der Waals surface area contributed by atoms with Crippen LogP contribution in [-0.4, -0.2) is 11.5 Å². The molecule has 2 rings (SSSR count). The summed E-state index contributed by atoms with van der Waals surface area (Å²) in [7, 11) is 0. The molecule has 1 heterocycles. The Labute approximate surface area is 118 Å². The first kappa shape index (κ1) is 14.0. The van der Waals surface area contributed by atoms with Crippen molar-refractivity contribution < 1.29 is 4.74 Å². The van der Waals surface area contributed by atoms with Gasteiger partial charge in [0.2, 0.25) is 0 Å². The van der Waals surface area contributed by atoms with Gasteiger partial charge in [0.15, 0.2) is 0 Å². The first-order valence-corrected chi connectivity index (χ1v) is 7.43. The van der Waals surface area contributed by atoms with E-state index in [1.165, 1.54) is 10.4 Å². The van der Waals surface area contributed by atoms with Crippen molar-refractivity contribution in [2.75, 3.05) is 6.54 Å². The molecule has 0 fully saturated rings. The van der Waals surface area contributed by atoms with Crippen molar-refractivity contribution in [2.24, 2.45) is 0 Å². The van der Waals surface area contributed by atoms with Crippen molar-refractivity contribution in [2.45, 2.75) is 33.4 Å². The van der Waals surface area contributed by atoms with E-state index in [-0.39, 0.29) is 0 Å². The van der Waals surface area contributed by atoms with Crippen LogP contribution in [0.25, 0.3) is 0 Å². The van der Waals surface area contributed by atoms with Crippen molar-refractivity contribution in [3.8, 4) is 5.75 Å². The Balaban J connectivity index is 1.83. The Kier molecular flexibility index (Phi) is 5.36. The maximum Gasteiger partial charge on any atom is 0.140 e. The highest BCUT2D eigenvalue weighted by Gasteiger charge is 2.03. The molecule has 1 aromatic heterocycles. The van der Waals surface area contributed by atoms with E-state index in [0.717, 1.165) is 30.3 Å². The summed E-state index contributed by atoms with van der Waals surface area (Å²) in [5.41, 5.74) is 1.21. The van der Waals surface area contributed by atoms with E-state index in [4.69, 9.17) is 4.74 Å². The Morgan fingerprint density at radius 3 is 3.05 bits per heavy atom. The fourth-order valence-electron chi connectivity index (χ4n) is 1.74. The quantitative estimate of drug-likeness (QED) is 0.786. The Morgan fingerprint density at radius 2 is 2.26 bits per heavy atom. The minimum Gasteiger partial charge on any atom is -0.486 e. The maximum atomic E-state index is 5.74. The number of thiazole rings is 1. The molecule has 0 aliphatic carbocycles. The maximum absolute atomic E-state index is 5.74. The second kappa shape index (κ2) is 7.26. The van der Waals surface area contributed by atoms with E-state index >= 15 is 0 Å². The molecule has 19 heavy (non-hydrogen) atoms. The molecule has 1 aromatic carbocycles. The molecular formula is C15H20N2OS. The van der Waals surface area contributed by atoms with Crippen molar-refractivity contribution in [3.05, 3.63) is 45.9 Å². The van der Waals surface area contributed by atoms with Crippen LogP contribution in [0.15, 0.2) is 30.5 Å². The number of ether oxygens (including phenoxy) is 1. The van der Waals surface area contributed by atoms with E-state index in [9.17, 15) is 0 Å². The van der Waals surface area contributed by atoms with Gasteiger partial charge in [-0.2, -0.15) is 0 Å². The van der Waals surface area contributed by atoms with E-state index in [0.29, 0.717) is 6.61 Å². The van der Waals surface area contributed by atoms with Crippen LogP contribution in [0, 0.1) is 6.92 Å². The van der Waals surface area contributed by atoms with Crippen molar-refractivity contribution in [3.63, 3.8) is 0 Å². The molecule has 0 unspecified atom stereocenters. The first-order valence-electron chi connectivity index (χ1n) is 6.61. The standard InChI is InChI=1S/C15H20N2OS/c1-3-7-16-9-14-10-17-15(19-14)11-18-13-6-4-5-12(2)8-13/h4-6,8,10,16H,3,7,9,11H2,1-2H3. The zero-order chi connectivity index (χ0) is 13.5. The van der Waals surface area contributed by atoms with Gasteiger partial charge in [-0.05, 0) is 37.6 Å². The number of benzene rings is 1. The van der Waals surface area contributed by atoms with Gasteiger partial charge in [0, 0.05) is 17.6 Å². The van der Waals surface area contributed by atoms with Crippen LogP contribution in [0.2, 0.25) is 0 Å². The normalized spacial score (nSPS) is 10.6. The summed E-state index contributed by atoms with van der Waals surface area (Å²) >= 11 is 1.71. The highest BCUT2D eigenvalue weighted by molar-refractivity contribution is 7.11. The van der Waals surface area contributed by atoms with Crippen LogP contribution >= 0.6 is 11.3 Å². The van der Waals surface area contributed by atoms with Gasteiger partial charge in [-0.3, -0.25) is 0 Å². The number of nitrogens with one attached hydrogen (secondary N) is 1. The van der Waals surface area contributed by atoms with Crippen molar-refractivity contribution >= 4 is 11.3 Å². The van der Waals surface area contributed by atoms with Gasteiger partial charge in [-0.25, -0.2) is 4.98 Å². The first-order chi connectivity index (χ1) is 9.28. The lowest BCUT2D eigenvalue weighted by molar-refractivity contribution is 0.305. The van der Waals surface area contributed by atoms with E-state index in [1.54, 1.807) is 11.3 Å². The average molecular weight is 276 g/mol. The number of aryl methyl sites for hydroxylation is 1. The van der Waals surface area contributed by atoms with Crippen LogP contribution in [0.3, 0.4) is 0 Å². The summed E-state index contributed by atoms with van der Waals surface area (Å²) < 4.78 is 5.74. The third-order valence-electron chi connectivity index (χ3n) is 2.68. The Hall–Kier alpha value is -1.39. The van der Waals surface area contributed by atoms with Crippen molar-refractivity contribution in [1.29, 1.82) is 0 Å². The fraction of sp³-hybridized carbons (Fsp3) is 0.400. The highest BCUT2D eigenvalue weighted by Crippen LogP contribution is 2.17. The van der Waals surface area contributed by atoms with Crippen molar-refractivity contribution in [1.82, 2.24) is 10.3 Å². The number of aromatic nitrogens is 1. The number of hydrogen-bond acceptors (Lipinski definition) is 4.